The molecule has 0 N–H and O–H groups in total. The molecule has 0 saturated carbocycles. The van der Waals surface area contributed by atoms with Crippen LogP contribution in [-0.4, -0.2) is 18.6 Å². The van der Waals surface area contributed by atoms with Crippen LogP contribution in [0, 0.1) is 0 Å². The third kappa shape index (κ3) is 4.81. The summed E-state index contributed by atoms with van der Waals surface area (Å²) in [6, 6.07) is 15.1. The molecule has 0 radical (unpaired) electrons. The molecule has 0 aromatic heterocycles. The van der Waals surface area contributed by atoms with E-state index in [9.17, 15) is 0 Å². The highest BCUT2D eigenvalue weighted by Gasteiger charge is 2.02. The lowest BCUT2D eigenvalue weighted by Gasteiger charge is -2.09. The molecule has 1 nitrogen and oxygen atoms in total. The number of hydrogen-bond acceptors (Lipinski definition) is 1. The maximum atomic E-state index is 6.16. The van der Waals surface area contributed by atoms with Gasteiger partial charge in [0, 0.05) is 12.0 Å². The van der Waals surface area contributed by atoms with Crippen molar-refractivity contribution in [3.63, 3.8) is 0 Å². The molecule has 1 atom stereocenters. The van der Waals surface area contributed by atoms with Crippen LogP contribution in [-0.2, 0) is 11.2 Å². The Bertz CT molecular complexity index is 524. The van der Waals surface area contributed by atoms with Crippen LogP contribution in [0.3, 0.4) is 0 Å². The fourth-order valence-electron chi connectivity index (χ4n) is 2.36. The van der Waals surface area contributed by atoms with E-state index in [1.165, 1.54) is 16.3 Å². The molecule has 0 bridgehead atoms. The molecule has 0 amide bonds. The normalized spacial score (nSPS) is 12.7. The van der Waals surface area contributed by atoms with Crippen LogP contribution in [0.5, 0.6) is 0 Å². The third-order valence-electron chi connectivity index (χ3n) is 3.53. The zero-order chi connectivity index (χ0) is 14.2. The van der Waals surface area contributed by atoms with Gasteiger partial charge in [0.1, 0.15) is 0 Å². The van der Waals surface area contributed by atoms with E-state index in [2.05, 4.69) is 49.4 Å². The average Bonchev–Trinajstić information content (AvgIpc) is 2.47. The first-order valence-electron chi connectivity index (χ1n) is 7.49. The lowest BCUT2D eigenvalue weighted by atomic mass is 10.1. The first-order chi connectivity index (χ1) is 9.79. The standard InChI is InChI=1S/C18H23ClO/c1-2-5-18(19)11-13-20-12-10-15-8-9-16-6-3-4-7-17(16)14-15/h3-4,6-9,14,18H,2,5,10-13H2,1H3. The van der Waals surface area contributed by atoms with Crippen molar-refractivity contribution in [1.82, 2.24) is 0 Å². The first kappa shape index (κ1) is 15.3. The van der Waals surface area contributed by atoms with E-state index in [0.717, 1.165) is 38.9 Å². The highest BCUT2D eigenvalue weighted by atomic mass is 35.5. The molecule has 2 aromatic rings. The van der Waals surface area contributed by atoms with Gasteiger partial charge in [-0.05, 0) is 35.6 Å². The van der Waals surface area contributed by atoms with Gasteiger partial charge in [0.05, 0.1) is 6.61 Å². The topological polar surface area (TPSA) is 9.23 Å². The minimum atomic E-state index is 0.265. The summed E-state index contributed by atoms with van der Waals surface area (Å²) in [7, 11) is 0. The Hall–Kier alpha value is -1.05. The second-order valence-electron chi connectivity index (χ2n) is 5.22. The second-order valence-corrected chi connectivity index (χ2v) is 5.84. The van der Waals surface area contributed by atoms with Crippen molar-refractivity contribution in [2.24, 2.45) is 0 Å². The van der Waals surface area contributed by atoms with Crippen LogP contribution >= 0.6 is 11.6 Å². The quantitative estimate of drug-likeness (QED) is 0.480. The Kier molecular flexibility index (Phi) is 6.35. The van der Waals surface area contributed by atoms with E-state index in [1.807, 2.05) is 0 Å². The summed E-state index contributed by atoms with van der Waals surface area (Å²) in [6.45, 7) is 3.70. The number of rotatable bonds is 8. The van der Waals surface area contributed by atoms with Gasteiger partial charge >= 0.3 is 0 Å². The van der Waals surface area contributed by atoms with Gasteiger partial charge in [-0.15, -0.1) is 11.6 Å². The minimum absolute atomic E-state index is 0.265. The fraction of sp³-hybridized carbons (Fsp3) is 0.444. The molecule has 0 aliphatic heterocycles. The number of hydrogen-bond donors (Lipinski definition) is 0. The molecule has 2 rings (SSSR count). The van der Waals surface area contributed by atoms with Gasteiger partial charge in [-0.1, -0.05) is 55.8 Å². The van der Waals surface area contributed by atoms with Crippen LogP contribution in [0.2, 0.25) is 0 Å². The van der Waals surface area contributed by atoms with E-state index in [4.69, 9.17) is 16.3 Å². The Morgan fingerprint density at radius 3 is 2.60 bits per heavy atom. The molecular formula is C18H23ClO. The van der Waals surface area contributed by atoms with E-state index in [-0.39, 0.29) is 5.38 Å². The Morgan fingerprint density at radius 2 is 1.80 bits per heavy atom. The Morgan fingerprint density at radius 1 is 1.00 bits per heavy atom. The monoisotopic (exact) mass is 290 g/mol. The van der Waals surface area contributed by atoms with Crippen LogP contribution < -0.4 is 0 Å². The molecule has 0 fully saturated rings. The third-order valence-corrected chi connectivity index (χ3v) is 3.96. The highest BCUT2D eigenvalue weighted by Crippen LogP contribution is 2.16. The van der Waals surface area contributed by atoms with Gasteiger partial charge in [-0.2, -0.15) is 0 Å². The van der Waals surface area contributed by atoms with Crippen molar-refractivity contribution < 1.29 is 4.74 Å². The summed E-state index contributed by atoms with van der Waals surface area (Å²) in [5, 5.41) is 2.86. The van der Waals surface area contributed by atoms with E-state index >= 15 is 0 Å². The molecule has 20 heavy (non-hydrogen) atoms. The minimum Gasteiger partial charge on any atom is -0.381 e. The number of alkyl halides is 1. The van der Waals surface area contributed by atoms with Crippen LogP contribution in [0.1, 0.15) is 31.7 Å². The van der Waals surface area contributed by atoms with Crippen molar-refractivity contribution >= 4 is 22.4 Å². The summed E-state index contributed by atoms with van der Waals surface area (Å²) < 4.78 is 5.68. The zero-order valence-corrected chi connectivity index (χ0v) is 12.9. The van der Waals surface area contributed by atoms with Gasteiger partial charge in [-0.3, -0.25) is 0 Å². The van der Waals surface area contributed by atoms with Crippen LogP contribution in [0.4, 0.5) is 0 Å². The molecule has 0 aliphatic carbocycles. The molecule has 2 heteroatoms. The molecule has 0 aliphatic rings. The fourth-order valence-corrected chi connectivity index (χ4v) is 2.66. The van der Waals surface area contributed by atoms with Crippen LogP contribution in [0.15, 0.2) is 42.5 Å². The maximum Gasteiger partial charge on any atom is 0.0506 e. The number of benzene rings is 2. The first-order valence-corrected chi connectivity index (χ1v) is 7.92. The number of ether oxygens (including phenoxy) is 1. The van der Waals surface area contributed by atoms with E-state index in [1.54, 1.807) is 0 Å². The summed E-state index contributed by atoms with van der Waals surface area (Å²) >= 11 is 6.16. The van der Waals surface area contributed by atoms with Crippen molar-refractivity contribution in [2.45, 2.75) is 38.0 Å². The van der Waals surface area contributed by atoms with Crippen molar-refractivity contribution in [3.8, 4) is 0 Å². The molecule has 0 spiro atoms. The molecule has 0 saturated heterocycles. The van der Waals surface area contributed by atoms with E-state index in [0.29, 0.717) is 0 Å². The molecule has 108 valence electrons. The van der Waals surface area contributed by atoms with Crippen molar-refractivity contribution in [3.05, 3.63) is 48.0 Å². The van der Waals surface area contributed by atoms with Gasteiger partial charge in [0.25, 0.3) is 0 Å². The summed E-state index contributed by atoms with van der Waals surface area (Å²) in [5.74, 6) is 0. The Labute approximate surface area is 126 Å². The lowest BCUT2D eigenvalue weighted by Crippen LogP contribution is -2.06. The van der Waals surface area contributed by atoms with Gasteiger partial charge in [0.15, 0.2) is 0 Å². The lowest BCUT2D eigenvalue weighted by molar-refractivity contribution is 0.133. The zero-order valence-electron chi connectivity index (χ0n) is 12.1. The van der Waals surface area contributed by atoms with Crippen molar-refractivity contribution in [2.75, 3.05) is 13.2 Å². The number of halogens is 1. The molecule has 0 heterocycles. The summed E-state index contributed by atoms with van der Waals surface area (Å²) in [5.41, 5.74) is 1.33. The predicted molar refractivity (Wildman–Crippen MR) is 87.6 cm³/mol. The van der Waals surface area contributed by atoms with Gasteiger partial charge in [0.2, 0.25) is 0 Å². The van der Waals surface area contributed by atoms with E-state index < -0.39 is 0 Å². The number of fused-ring (bicyclic) bond motifs is 1. The highest BCUT2D eigenvalue weighted by molar-refractivity contribution is 6.20. The largest absolute Gasteiger partial charge is 0.381 e. The second kappa shape index (κ2) is 8.28. The predicted octanol–water partition coefficient (Wildman–Crippen LogP) is 5.20. The Balaban J connectivity index is 1.73. The maximum absolute atomic E-state index is 6.16. The molecule has 1 unspecified atom stereocenters. The summed E-state index contributed by atoms with van der Waals surface area (Å²) in [4.78, 5) is 0. The van der Waals surface area contributed by atoms with Crippen LogP contribution in [0.25, 0.3) is 10.8 Å². The SMILES string of the molecule is CCCC(Cl)CCOCCc1ccc2ccccc2c1. The van der Waals surface area contributed by atoms with Gasteiger partial charge < -0.3 is 4.74 Å². The smallest absolute Gasteiger partial charge is 0.0506 e. The van der Waals surface area contributed by atoms with Crippen molar-refractivity contribution in [1.29, 1.82) is 0 Å². The van der Waals surface area contributed by atoms with Gasteiger partial charge in [-0.25, -0.2) is 0 Å². The summed E-state index contributed by atoms with van der Waals surface area (Å²) in [6.07, 6.45) is 4.14. The average molecular weight is 291 g/mol. The molecule has 2 aromatic carbocycles. The molecular weight excluding hydrogens is 268 g/mol.